The van der Waals surface area contributed by atoms with E-state index in [0.717, 1.165) is 61.1 Å². The first-order valence-corrected chi connectivity index (χ1v) is 18.2. The van der Waals surface area contributed by atoms with E-state index >= 15 is 0 Å². The molecule has 11 nitrogen and oxygen atoms in total. The van der Waals surface area contributed by atoms with Gasteiger partial charge in [-0.25, -0.2) is 9.19 Å². The van der Waals surface area contributed by atoms with Crippen molar-refractivity contribution in [2.45, 2.75) is 32.7 Å². The number of nitrogens with zero attached hydrogens (tertiary/aromatic N) is 5. The summed E-state index contributed by atoms with van der Waals surface area (Å²) in [4.78, 5) is 36.2. The lowest BCUT2D eigenvalue weighted by Gasteiger charge is -2.23. The Balaban J connectivity index is 0.000000840. The summed E-state index contributed by atoms with van der Waals surface area (Å²) in [6, 6.07) is 13.4. The Morgan fingerprint density at radius 2 is 1.71 bits per heavy atom. The van der Waals surface area contributed by atoms with E-state index in [0.29, 0.717) is 34.1 Å². The molecule has 0 saturated carbocycles. The molecule has 1 fully saturated rings. The van der Waals surface area contributed by atoms with Gasteiger partial charge in [0.15, 0.2) is 11.2 Å². The summed E-state index contributed by atoms with van der Waals surface area (Å²) in [6.45, 7) is 4.21. The molecule has 13 heteroatoms. The average molecular weight is 687 g/mol. The fourth-order valence-electron chi connectivity index (χ4n) is 5.48. The molecule has 1 saturated heterocycles. The number of carbonyl (C=O) groups excluding carboxylic acids is 1. The molecule has 5 aromatic rings. The Labute approximate surface area is 284 Å². The van der Waals surface area contributed by atoms with Crippen LogP contribution in [0.25, 0.3) is 33.5 Å². The molecule has 0 spiro atoms. The summed E-state index contributed by atoms with van der Waals surface area (Å²) in [5.41, 5.74) is 12.4. The lowest BCUT2D eigenvalue weighted by molar-refractivity contribution is 0.0612. The Kier molecular flexibility index (Phi) is 10.9. The van der Waals surface area contributed by atoms with Gasteiger partial charge in [-0.3, -0.25) is 19.3 Å². The summed E-state index contributed by atoms with van der Waals surface area (Å²) in [5, 5.41) is 4.23. The SMILES string of the molecule is CS(=O)(O)=S.Cc1ccc(-c2cn(CC3CCOCC3)cc(C(=O)Cc3ccc(-c4cc(-c5cnn(C)c5)cnc4N)nc3)c2=O)cc1. The van der Waals surface area contributed by atoms with Crippen molar-refractivity contribution in [3.05, 3.63) is 107 Å². The standard InChI is InChI=1S/C34H34N6O3.CH4O2S2/c1-22-3-6-25(7-4-22)29-20-40(18-23-9-11-43-12-10-23)21-30(33(29)42)32(41)13-24-5-8-31(36-15-24)28-14-26(16-37-34(28)35)27-17-38-39(2)19-27;1-5(2,3)4/h3-8,14-17,19-21,23H,9-13,18H2,1-2H3,(H2,35,37);1H3,(H,2,3,4). The zero-order valence-corrected chi connectivity index (χ0v) is 28.7. The van der Waals surface area contributed by atoms with Crippen LogP contribution in [0.4, 0.5) is 5.82 Å². The number of pyridine rings is 3. The molecule has 1 aliphatic rings. The number of carbonyl (C=O) groups is 1. The van der Waals surface area contributed by atoms with Crippen LogP contribution in [-0.2, 0) is 44.7 Å². The van der Waals surface area contributed by atoms with Crippen molar-refractivity contribution in [3.63, 3.8) is 0 Å². The topological polar surface area (TPSA) is 155 Å². The van der Waals surface area contributed by atoms with Crippen molar-refractivity contribution in [2.24, 2.45) is 13.0 Å². The highest BCUT2D eigenvalue weighted by Crippen LogP contribution is 2.28. The van der Waals surface area contributed by atoms with Gasteiger partial charge in [0.05, 0.1) is 17.5 Å². The molecule has 0 aliphatic carbocycles. The smallest absolute Gasteiger partial charge is 0.200 e. The van der Waals surface area contributed by atoms with Crippen LogP contribution in [0.3, 0.4) is 0 Å². The molecular formula is C35H38N6O5S2. The molecule has 0 bridgehead atoms. The number of benzene rings is 1. The van der Waals surface area contributed by atoms with Crippen LogP contribution in [0.15, 0.2) is 84.4 Å². The number of nitrogen functional groups attached to an aromatic ring is 1. The minimum Gasteiger partial charge on any atom is -0.383 e. The molecule has 250 valence electrons. The molecule has 1 unspecified atom stereocenters. The molecular weight excluding hydrogens is 649 g/mol. The van der Waals surface area contributed by atoms with E-state index < -0.39 is 8.77 Å². The third-order valence-electron chi connectivity index (χ3n) is 7.97. The number of nitrogens with two attached hydrogens (primary N) is 1. The highest BCUT2D eigenvalue weighted by molar-refractivity contribution is 8.29. The second-order valence-electron chi connectivity index (χ2n) is 12.0. The van der Waals surface area contributed by atoms with E-state index in [1.807, 2.05) is 73.4 Å². The summed E-state index contributed by atoms with van der Waals surface area (Å²) in [6.07, 6.45) is 13.7. The molecule has 1 aromatic carbocycles. The van der Waals surface area contributed by atoms with Crippen molar-refractivity contribution in [1.82, 2.24) is 24.3 Å². The minimum atomic E-state index is -2.83. The summed E-state index contributed by atoms with van der Waals surface area (Å²) in [7, 11) is -0.975. The highest BCUT2D eigenvalue weighted by atomic mass is 32.8. The van der Waals surface area contributed by atoms with Crippen molar-refractivity contribution in [1.29, 1.82) is 0 Å². The predicted octanol–water partition coefficient (Wildman–Crippen LogP) is 4.95. The van der Waals surface area contributed by atoms with Gasteiger partial charge in [-0.1, -0.05) is 35.9 Å². The van der Waals surface area contributed by atoms with Crippen LogP contribution >= 0.6 is 0 Å². The van der Waals surface area contributed by atoms with E-state index in [1.54, 1.807) is 29.5 Å². The van der Waals surface area contributed by atoms with E-state index in [9.17, 15) is 13.8 Å². The maximum Gasteiger partial charge on any atom is 0.200 e. The van der Waals surface area contributed by atoms with Gasteiger partial charge in [-0.05, 0) is 48.9 Å². The molecule has 0 radical (unpaired) electrons. The number of anilines is 1. The van der Waals surface area contributed by atoms with E-state index in [-0.39, 0.29) is 23.2 Å². The number of hydrogen-bond donors (Lipinski definition) is 2. The average Bonchev–Trinajstić information content (AvgIpc) is 3.49. The first-order valence-electron chi connectivity index (χ1n) is 15.4. The van der Waals surface area contributed by atoms with Crippen LogP contribution in [-0.4, -0.2) is 58.3 Å². The van der Waals surface area contributed by atoms with Crippen molar-refractivity contribution in [2.75, 3.05) is 25.2 Å². The van der Waals surface area contributed by atoms with Crippen LogP contribution in [0, 0.1) is 12.8 Å². The summed E-state index contributed by atoms with van der Waals surface area (Å²) in [5.74, 6) is 0.552. The molecule has 3 N–H and O–H groups in total. The van der Waals surface area contributed by atoms with Gasteiger partial charge >= 0.3 is 0 Å². The van der Waals surface area contributed by atoms with Gasteiger partial charge in [-0.15, -0.1) is 0 Å². The fourth-order valence-corrected chi connectivity index (χ4v) is 5.48. The third-order valence-corrected chi connectivity index (χ3v) is 7.97. The molecule has 0 amide bonds. The zero-order valence-electron chi connectivity index (χ0n) is 27.0. The lowest BCUT2D eigenvalue weighted by Crippen LogP contribution is -2.25. The van der Waals surface area contributed by atoms with Crippen molar-refractivity contribution < 1.29 is 18.3 Å². The maximum absolute atomic E-state index is 13.7. The number of Topliss-reactive ketones (excluding diaryl/α,β-unsaturated/α-hetero) is 1. The lowest BCUT2D eigenvalue weighted by atomic mass is 9.97. The molecule has 48 heavy (non-hydrogen) atoms. The molecule has 1 atom stereocenters. The van der Waals surface area contributed by atoms with Crippen LogP contribution in [0.5, 0.6) is 0 Å². The number of aryl methyl sites for hydroxylation is 2. The monoisotopic (exact) mass is 686 g/mol. The second-order valence-corrected chi connectivity index (χ2v) is 15.3. The van der Waals surface area contributed by atoms with Crippen LogP contribution in [0.2, 0.25) is 0 Å². The maximum atomic E-state index is 13.7. The molecule has 4 aromatic heterocycles. The normalized spacial score (nSPS) is 14.5. The largest absolute Gasteiger partial charge is 0.383 e. The Bertz CT molecular complexity index is 2060. The highest BCUT2D eigenvalue weighted by Gasteiger charge is 2.20. The first kappa shape index (κ1) is 34.8. The number of rotatable bonds is 8. The molecule has 6 rings (SSSR count). The van der Waals surface area contributed by atoms with Crippen molar-refractivity contribution >= 4 is 31.6 Å². The molecule has 1 aliphatic heterocycles. The van der Waals surface area contributed by atoms with Gasteiger partial charge in [-0.2, -0.15) is 5.10 Å². The summed E-state index contributed by atoms with van der Waals surface area (Å²) >= 11 is 3.91. The second kappa shape index (κ2) is 15.1. The Hall–Kier alpha value is -4.56. The van der Waals surface area contributed by atoms with Gasteiger partial charge in [0.1, 0.15) is 14.6 Å². The minimum absolute atomic E-state index is 0.0561. The van der Waals surface area contributed by atoms with Crippen molar-refractivity contribution in [3.8, 4) is 33.5 Å². The van der Waals surface area contributed by atoms with Gasteiger partial charge in [0.2, 0.25) is 0 Å². The summed E-state index contributed by atoms with van der Waals surface area (Å²) < 4.78 is 26.7. The zero-order chi connectivity index (χ0) is 34.4. The Morgan fingerprint density at radius 1 is 1.00 bits per heavy atom. The third kappa shape index (κ3) is 9.28. The van der Waals surface area contributed by atoms with E-state index in [4.69, 9.17) is 15.0 Å². The Morgan fingerprint density at radius 3 is 2.33 bits per heavy atom. The van der Waals surface area contributed by atoms with Gasteiger partial charge in [0.25, 0.3) is 0 Å². The van der Waals surface area contributed by atoms with Gasteiger partial charge in [0, 0.05) is 104 Å². The first-order chi connectivity index (χ1) is 22.8. The quantitative estimate of drug-likeness (QED) is 0.214. The fraction of sp³-hybridized carbons (Fsp3) is 0.286. The predicted molar refractivity (Wildman–Crippen MR) is 191 cm³/mol. The van der Waals surface area contributed by atoms with Crippen LogP contribution < -0.4 is 11.2 Å². The molecule has 5 heterocycles. The number of aromatic nitrogens is 5. The number of hydrogen-bond acceptors (Lipinski definition) is 9. The number of ether oxygens (including phenoxy) is 1. The number of ketones is 1. The van der Waals surface area contributed by atoms with Crippen LogP contribution in [0.1, 0.15) is 34.3 Å². The van der Waals surface area contributed by atoms with Gasteiger partial charge < -0.3 is 19.6 Å². The van der Waals surface area contributed by atoms with E-state index in [1.165, 1.54) is 0 Å². The van der Waals surface area contributed by atoms with E-state index in [2.05, 4.69) is 26.3 Å².